The summed E-state index contributed by atoms with van der Waals surface area (Å²) in [6.07, 6.45) is 1.65. The summed E-state index contributed by atoms with van der Waals surface area (Å²) in [6, 6.07) is 7.29. The molecular formula is C12H13N5O2S. The smallest absolute Gasteiger partial charge is 0.247 e. The van der Waals surface area contributed by atoms with Crippen molar-refractivity contribution < 1.29 is 9.53 Å². The van der Waals surface area contributed by atoms with E-state index in [9.17, 15) is 4.79 Å². The number of amides is 1. The fourth-order valence-corrected chi connectivity index (χ4v) is 1.99. The normalized spacial score (nSPS) is 10.7. The summed E-state index contributed by atoms with van der Waals surface area (Å²) in [4.78, 5) is 11.6. The number of nitrogens with two attached hydrogens (primary N) is 1. The third-order valence-electron chi connectivity index (χ3n) is 2.31. The van der Waals surface area contributed by atoms with Crippen LogP contribution in [-0.4, -0.2) is 29.4 Å². The predicted octanol–water partition coefficient (Wildman–Crippen LogP) is 0.822. The number of nitrogens with zero attached hydrogens (tertiary/aromatic N) is 3. The second-order valence-electron chi connectivity index (χ2n) is 3.78. The molecule has 7 nitrogen and oxygen atoms in total. The van der Waals surface area contributed by atoms with E-state index < -0.39 is 0 Å². The van der Waals surface area contributed by atoms with Gasteiger partial charge in [-0.05, 0) is 29.8 Å². The van der Waals surface area contributed by atoms with Crippen molar-refractivity contribution in [2.24, 2.45) is 5.10 Å². The largest absolute Gasteiger partial charge is 0.497 e. The molecule has 0 spiro atoms. The molecule has 104 valence electrons. The Morgan fingerprint density at radius 2 is 2.20 bits per heavy atom. The molecule has 0 fully saturated rings. The molecule has 0 atom stereocenters. The first-order valence-electron chi connectivity index (χ1n) is 5.71. The minimum Gasteiger partial charge on any atom is -0.497 e. The van der Waals surface area contributed by atoms with E-state index in [4.69, 9.17) is 10.5 Å². The van der Waals surface area contributed by atoms with Crippen LogP contribution in [0.3, 0.4) is 0 Å². The molecule has 0 aliphatic heterocycles. The van der Waals surface area contributed by atoms with Crippen molar-refractivity contribution in [2.45, 2.75) is 6.42 Å². The fraction of sp³-hybridized carbons (Fsp3) is 0.167. The lowest BCUT2D eigenvalue weighted by atomic mass is 10.2. The molecule has 0 saturated carbocycles. The Morgan fingerprint density at radius 3 is 2.80 bits per heavy atom. The van der Waals surface area contributed by atoms with E-state index in [0.29, 0.717) is 10.1 Å². The summed E-state index contributed by atoms with van der Waals surface area (Å²) >= 11 is 1.18. The van der Waals surface area contributed by atoms with Crippen LogP contribution in [0.5, 0.6) is 5.75 Å². The Bertz CT molecular complexity index is 609. The van der Waals surface area contributed by atoms with E-state index >= 15 is 0 Å². The number of carbonyl (C=O) groups excluding carboxylic acids is 1. The number of hydrogen-bond acceptors (Lipinski definition) is 7. The number of methoxy groups -OCH3 is 1. The van der Waals surface area contributed by atoms with Gasteiger partial charge in [-0.1, -0.05) is 11.3 Å². The summed E-state index contributed by atoms with van der Waals surface area (Å²) in [6.45, 7) is 0. The van der Waals surface area contributed by atoms with Crippen LogP contribution in [0.15, 0.2) is 29.4 Å². The van der Waals surface area contributed by atoms with Crippen LogP contribution in [0.4, 0.5) is 5.13 Å². The lowest BCUT2D eigenvalue weighted by Crippen LogP contribution is -2.19. The van der Waals surface area contributed by atoms with Gasteiger partial charge in [0.25, 0.3) is 0 Å². The van der Waals surface area contributed by atoms with Gasteiger partial charge in [-0.3, -0.25) is 4.79 Å². The lowest BCUT2D eigenvalue weighted by Gasteiger charge is -1.99. The van der Waals surface area contributed by atoms with Gasteiger partial charge in [0.05, 0.1) is 19.7 Å². The van der Waals surface area contributed by atoms with Crippen LogP contribution in [0.2, 0.25) is 0 Å². The van der Waals surface area contributed by atoms with E-state index in [1.807, 2.05) is 24.3 Å². The zero-order valence-corrected chi connectivity index (χ0v) is 11.6. The van der Waals surface area contributed by atoms with Crippen molar-refractivity contribution in [3.8, 4) is 5.75 Å². The van der Waals surface area contributed by atoms with Crippen LogP contribution in [0, 0.1) is 0 Å². The first kappa shape index (κ1) is 13.9. The Morgan fingerprint density at radius 1 is 1.45 bits per heavy atom. The molecule has 1 aromatic carbocycles. The van der Waals surface area contributed by atoms with Gasteiger partial charge in [0.1, 0.15) is 10.8 Å². The highest BCUT2D eigenvalue weighted by atomic mass is 32.1. The van der Waals surface area contributed by atoms with Crippen LogP contribution in [0.1, 0.15) is 10.6 Å². The number of ether oxygens (including phenoxy) is 1. The molecule has 0 unspecified atom stereocenters. The van der Waals surface area contributed by atoms with Gasteiger partial charge in [0.2, 0.25) is 11.0 Å². The maximum Gasteiger partial charge on any atom is 0.247 e. The van der Waals surface area contributed by atoms with Gasteiger partial charge >= 0.3 is 0 Å². The number of nitrogens with one attached hydrogen (secondary N) is 1. The van der Waals surface area contributed by atoms with Gasteiger partial charge in [-0.15, -0.1) is 10.2 Å². The zero-order chi connectivity index (χ0) is 14.4. The highest BCUT2D eigenvalue weighted by Crippen LogP contribution is 2.11. The SMILES string of the molecule is COc1ccc(C=NNC(=O)Cc2nnc(N)s2)cc1. The number of aromatic nitrogens is 2. The van der Waals surface area contributed by atoms with E-state index in [-0.39, 0.29) is 12.3 Å². The first-order valence-corrected chi connectivity index (χ1v) is 6.53. The molecular weight excluding hydrogens is 278 g/mol. The molecule has 0 aliphatic rings. The molecule has 0 radical (unpaired) electrons. The molecule has 3 N–H and O–H groups in total. The number of benzene rings is 1. The Hall–Kier alpha value is -2.48. The number of carbonyl (C=O) groups is 1. The average molecular weight is 291 g/mol. The lowest BCUT2D eigenvalue weighted by molar-refractivity contribution is -0.120. The topological polar surface area (TPSA) is 102 Å². The number of anilines is 1. The van der Waals surface area contributed by atoms with Crippen molar-refractivity contribution in [1.29, 1.82) is 0 Å². The summed E-state index contributed by atoms with van der Waals surface area (Å²) in [5.74, 6) is 0.492. The zero-order valence-electron chi connectivity index (χ0n) is 10.7. The molecule has 0 bridgehead atoms. The van der Waals surface area contributed by atoms with Crippen molar-refractivity contribution >= 4 is 28.6 Å². The van der Waals surface area contributed by atoms with E-state index in [1.165, 1.54) is 11.3 Å². The highest BCUT2D eigenvalue weighted by Gasteiger charge is 2.06. The molecule has 1 aromatic heterocycles. The minimum absolute atomic E-state index is 0.106. The van der Waals surface area contributed by atoms with E-state index in [2.05, 4.69) is 20.7 Å². The van der Waals surface area contributed by atoms with Crippen LogP contribution in [0.25, 0.3) is 0 Å². The van der Waals surface area contributed by atoms with Crippen molar-refractivity contribution in [3.05, 3.63) is 34.8 Å². The van der Waals surface area contributed by atoms with Crippen molar-refractivity contribution in [1.82, 2.24) is 15.6 Å². The van der Waals surface area contributed by atoms with Crippen LogP contribution >= 0.6 is 11.3 Å². The summed E-state index contributed by atoms with van der Waals surface area (Å²) in [7, 11) is 1.60. The first-order chi connectivity index (χ1) is 9.67. The third-order valence-corrected chi connectivity index (χ3v) is 3.07. The van der Waals surface area contributed by atoms with E-state index in [0.717, 1.165) is 11.3 Å². The summed E-state index contributed by atoms with van der Waals surface area (Å²) < 4.78 is 5.04. The fourth-order valence-electron chi connectivity index (χ4n) is 1.38. The van der Waals surface area contributed by atoms with Gasteiger partial charge in [-0.2, -0.15) is 5.10 Å². The van der Waals surface area contributed by atoms with Crippen molar-refractivity contribution in [2.75, 3.05) is 12.8 Å². The molecule has 20 heavy (non-hydrogen) atoms. The van der Waals surface area contributed by atoms with Gasteiger partial charge < -0.3 is 10.5 Å². The second-order valence-corrected chi connectivity index (χ2v) is 4.87. The maximum absolute atomic E-state index is 11.6. The Balaban J connectivity index is 1.84. The monoisotopic (exact) mass is 291 g/mol. The van der Waals surface area contributed by atoms with Gasteiger partial charge in [0, 0.05) is 0 Å². The maximum atomic E-state index is 11.6. The average Bonchev–Trinajstić information content (AvgIpc) is 2.85. The molecule has 2 aromatic rings. The number of hydrazone groups is 1. The molecule has 0 aliphatic carbocycles. The van der Waals surface area contributed by atoms with Gasteiger partial charge in [-0.25, -0.2) is 5.43 Å². The third kappa shape index (κ3) is 4.02. The Kier molecular flexibility index (Phi) is 4.61. The minimum atomic E-state index is -0.272. The van der Waals surface area contributed by atoms with Crippen LogP contribution < -0.4 is 15.9 Å². The number of nitrogen functional groups attached to an aromatic ring is 1. The van der Waals surface area contributed by atoms with Crippen molar-refractivity contribution in [3.63, 3.8) is 0 Å². The predicted molar refractivity (Wildman–Crippen MR) is 76.8 cm³/mol. The molecule has 8 heteroatoms. The molecule has 0 saturated heterocycles. The molecule has 1 amide bonds. The number of hydrogen-bond donors (Lipinski definition) is 2. The quantitative estimate of drug-likeness (QED) is 0.627. The summed E-state index contributed by atoms with van der Waals surface area (Å²) in [5.41, 5.74) is 8.70. The highest BCUT2D eigenvalue weighted by molar-refractivity contribution is 7.15. The Labute approximate surface area is 119 Å². The summed E-state index contributed by atoms with van der Waals surface area (Å²) in [5, 5.41) is 12.1. The van der Waals surface area contributed by atoms with Gasteiger partial charge in [0.15, 0.2) is 0 Å². The second kappa shape index (κ2) is 6.62. The molecule has 2 rings (SSSR count). The van der Waals surface area contributed by atoms with E-state index in [1.54, 1.807) is 13.3 Å². The molecule has 1 heterocycles. The van der Waals surface area contributed by atoms with Crippen LogP contribution in [-0.2, 0) is 11.2 Å². The standard InChI is InChI=1S/C12H13N5O2S/c1-19-9-4-2-8(3-5-9)7-14-15-10(18)6-11-16-17-12(13)20-11/h2-5,7H,6H2,1H3,(H2,13,17)(H,15,18). The number of rotatable bonds is 5.